The minimum atomic E-state index is -0.938. The molecule has 1 aliphatic rings. The van der Waals surface area contributed by atoms with Crippen molar-refractivity contribution >= 4 is 11.9 Å². The van der Waals surface area contributed by atoms with Gasteiger partial charge in [0.25, 0.3) is 0 Å². The number of carbonyl (C=O) groups excluding carboxylic acids is 2. The van der Waals surface area contributed by atoms with Crippen LogP contribution in [0.4, 0.5) is 13.6 Å². The maximum Gasteiger partial charge on any atom is 0.315 e. The fourth-order valence-corrected chi connectivity index (χ4v) is 3.11. The molecule has 8 heteroatoms. The summed E-state index contributed by atoms with van der Waals surface area (Å²) in [6.45, 7) is 4.57. The van der Waals surface area contributed by atoms with Crippen LogP contribution in [0.1, 0.15) is 37.8 Å². The summed E-state index contributed by atoms with van der Waals surface area (Å²) in [5.74, 6) is -2.19. The molecule has 6 nitrogen and oxygen atoms in total. The molecule has 26 heavy (non-hydrogen) atoms. The van der Waals surface area contributed by atoms with Gasteiger partial charge in [0, 0.05) is 13.1 Å². The lowest BCUT2D eigenvalue weighted by Gasteiger charge is -2.31. The van der Waals surface area contributed by atoms with E-state index in [1.165, 1.54) is 6.07 Å². The van der Waals surface area contributed by atoms with Crippen molar-refractivity contribution in [2.45, 2.75) is 32.2 Å². The van der Waals surface area contributed by atoms with Crippen LogP contribution in [0.15, 0.2) is 18.2 Å². The van der Waals surface area contributed by atoms with E-state index in [-0.39, 0.29) is 17.9 Å². The Morgan fingerprint density at radius 3 is 2.81 bits per heavy atom. The van der Waals surface area contributed by atoms with Crippen LogP contribution in [0.25, 0.3) is 0 Å². The monoisotopic (exact) mass is 368 g/mol. The van der Waals surface area contributed by atoms with Crippen molar-refractivity contribution in [1.82, 2.24) is 15.5 Å². The molecular formula is C18H26F2N4O2. The highest BCUT2D eigenvalue weighted by Gasteiger charge is 2.23. The molecule has 144 valence electrons. The SMILES string of the molecule is CC(NC(=O)NCCCN1CCCC(C(N)=O)C1)c1ccc(F)c(F)c1. The third kappa shape index (κ3) is 5.94. The van der Waals surface area contributed by atoms with Crippen molar-refractivity contribution in [3.8, 4) is 0 Å². The Kier molecular flexibility index (Phi) is 7.32. The number of nitrogens with two attached hydrogens (primary N) is 1. The Morgan fingerprint density at radius 1 is 1.35 bits per heavy atom. The summed E-state index contributed by atoms with van der Waals surface area (Å²) in [4.78, 5) is 25.4. The first-order valence-electron chi connectivity index (χ1n) is 8.88. The predicted octanol–water partition coefficient (Wildman–Crippen LogP) is 1.91. The van der Waals surface area contributed by atoms with Gasteiger partial charge in [0.2, 0.25) is 5.91 Å². The molecule has 1 fully saturated rings. The van der Waals surface area contributed by atoms with E-state index < -0.39 is 17.7 Å². The number of halogens is 2. The van der Waals surface area contributed by atoms with Crippen LogP contribution in [0.5, 0.6) is 0 Å². The minimum absolute atomic E-state index is 0.0861. The van der Waals surface area contributed by atoms with Crippen molar-refractivity contribution in [1.29, 1.82) is 0 Å². The number of amides is 3. The van der Waals surface area contributed by atoms with Crippen molar-refractivity contribution in [3.05, 3.63) is 35.4 Å². The third-order valence-electron chi connectivity index (χ3n) is 4.64. The molecule has 0 aromatic heterocycles. The van der Waals surface area contributed by atoms with E-state index in [9.17, 15) is 18.4 Å². The second-order valence-electron chi connectivity index (χ2n) is 6.69. The smallest absolute Gasteiger partial charge is 0.315 e. The molecule has 0 radical (unpaired) electrons. The van der Waals surface area contributed by atoms with Crippen LogP contribution in [0.2, 0.25) is 0 Å². The molecule has 0 spiro atoms. The predicted molar refractivity (Wildman–Crippen MR) is 94.3 cm³/mol. The second-order valence-corrected chi connectivity index (χ2v) is 6.69. The van der Waals surface area contributed by atoms with Gasteiger partial charge < -0.3 is 21.3 Å². The Labute approximate surface area is 152 Å². The molecule has 2 atom stereocenters. The summed E-state index contributed by atoms with van der Waals surface area (Å²) in [5.41, 5.74) is 5.85. The number of rotatable bonds is 7. The molecule has 1 heterocycles. The summed E-state index contributed by atoms with van der Waals surface area (Å²) < 4.78 is 26.2. The number of hydrogen-bond acceptors (Lipinski definition) is 3. The lowest BCUT2D eigenvalue weighted by Crippen LogP contribution is -2.42. The third-order valence-corrected chi connectivity index (χ3v) is 4.64. The lowest BCUT2D eigenvalue weighted by molar-refractivity contribution is -0.123. The second kappa shape index (κ2) is 9.47. The van der Waals surface area contributed by atoms with Crippen molar-refractivity contribution in [3.63, 3.8) is 0 Å². The Bertz CT molecular complexity index is 642. The highest BCUT2D eigenvalue weighted by Crippen LogP contribution is 2.16. The first-order chi connectivity index (χ1) is 12.4. The number of benzene rings is 1. The molecule has 1 saturated heterocycles. The van der Waals surface area contributed by atoms with E-state index in [1.807, 2.05) is 0 Å². The number of hydrogen-bond donors (Lipinski definition) is 3. The Balaban J connectivity index is 1.67. The van der Waals surface area contributed by atoms with Gasteiger partial charge in [-0.2, -0.15) is 0 Å². The number of nitrogens with one attached hydrogen (secondary N) is 2. The van der Waals surface area contributed by atoms with E-state index in [4.69, 9.17) is 5.73 Å². The lowest BCUT2D eigenvalue weighted by atomic mass is 9.97. The number of urea groups is 1. The van der Waals surface area contributed by atoms with E-state index in [2.05, 4.69) is 15.5 Å². The molecule has 2 unspecified atom stereocenters. The molecule has 4 N–H and O–H groups in total. The zero-order valence-corrected chi connectivity index (χ0v) is 14.9. The van der Waals surface area contributed by atoms with Gasteiger partial charge in [-0.3, -0.25) is 4.79 Å². The summed E-state index contributed by atoms with van der Waals surface area (Å²) in [6.07, 6.45) is 2.54. The minimum Gasteiger partial charge on any atom is -0.369 e. The van der Waals surface area contributed by atoms with Gasteiger partial charge in [0.05, 0.1) is 12.0 Å². The molecule has 2 rings (SSSR count). The quantitative estimate of drug-likeness (QED) is 0.643. The highest BCUT2D eigenvalue weighted by molar-refractivity contribution is 5.77. The molecular weight excluding hydrogens is 342 g/mol. The maximum absolute atomic E-state index is 13.2. The van der Waals surface area contributed by atoms with Crippen LogP contribution in [0, 0.1) is 17.6 Å². The summed E-state index contributed by atoms with van der Waals surface area (Å²) in [5, 5.41) is 5.44. The average molecular weight is 368 g/mol. The van der Waals surface area contributed by atoms with Gasteiger partial charge >= 0.3 is 6.03 Å². The number of likely N-dealkylation sites (tertiary alicyclic amines) is 1. The van der Waals surface area contributed by atoms with Crippen molar-refractivity contribution in [2.24, 2.45) is 11.7 Å². The largest absolute Gasteiger partial charge is 0.369 e. The number of primary amides is 1. The van der Waals surface area contributed by atoms with Crippen LogP contribution in [-0.2, 0) is 4.79 Å². The van der Waals surface area contributed by atoms with Gasteiger partial charge in [-0.25, -0.2) is 13.6 Å². The fourth-order valence-electron chi connectivity index (χ4n) is 3.11. The van der Waals surface area contributed by atoms with Crippen LogP contribution in [-0.4, -0.2) is 43.0 Å². The first-order valence-corrected chi connectivity index (χ1v) is 8.88. The molecule has 3 amide bonds. The summed E-state index contributed by atoms with van der Waals surface area (Å²) in [7, 11) is 0. The maximum atomic E-state index is 13.2. The Hall–Kier alpha value is -2.22. The number of piperidine rings is 1. The van der Waals surface area contributed by atoms with Crippen LogP contribution in [0.3, 0.4) is 0 Å². The van der Waals surface area contributed by atoms with Gasteiger partial charge in [0.1, 0.15) is 0 Å². The van der Waals surface area contributed by atoms with E-state index in [1.54, 1.807) is 6.92 Å². The van der Waals surface area contributed by atoms with Crippen LogP contribution < -0.4 is 16.4 Å². The number of carbonyl (C=O) groups is 2. The van der Waals surface area contributed by atoms with Gasteiger partial charge in [0.15, 0.2) is 11.6 Å². The average Bonchev–Trinajstić information content (AvgIpc) is 2.61. The molecule has 0 saturated carbocycles. The summed E-state index contributed by atoms with van der Waals surface area (Å²) >= 11 is 0. The normalized spacial score (nSPS) is 19.0. The molecule has 0 bridgehead atoms. The Morgan fingerprint density at radius 2 is 2.12 bits per heavy atom. The molecule has 1 aliphatic heterocycles. The van der Waals surface area contributed by atoms with Crippen LogP contribution >= 0.6 is 0 Å². The van der Waals surface area contributed by atoms with Crippen molar-refractivity contribution < 1.29 is 18.4 Å². The van der Waals surface area contributed by atoms with E-state index >= 15 is 0 Å². The summed E-state index contributed by atoms with van der Waals surface area (Å²) in [6, 6.07) is 2.75. The highest BCUT2D eigenvalue weighted by atomic mass is 19.2. The van der Waals surface area contributed by atoms with Crippen molar-refractivity contribution in [2.75, 3.05) is 26.2 Å². The van der Waals surface area contributed by atoms with Gasteiger partial charge in [-0.1, -0.05) is 6.07 Å². The topological polar surface area (TPSA) is 87.5 Å². The zero-order valence-electron chi connectivity index (χ0n) is 14.9. The van der Waals surface area contributed by atoms with Gasteiger partial charge in [-0.15, -0.1) is 0 Å². The van der Waals surface area contributed by atoms with E-state index in [0.29, 0.717) is 18.7 Å². The molecule has 0 aliphatic carbocycles. The molecule has 1 aromatic carbocycles. The first kappa shape index (κ1) is 20.1. The van der Waals surface area contributed by atoms with E-state index in [0.717, 1.165) is 44.5 Å². The standard InChI is InChI=1S/C18H26F2N4O2/c1-12(13-5-6-15(19)16(20)10-13)23-18(26)22-7-3-9-24-8-2-4-14(11-24)17(21)25/h5-6,10,12,14H,2-4,7-9,11H2,1H3,(H2,21,25)(H2,22,23,26). The fraction of sp³-hybridized carbons (Fsp3) is 0.556. The van der Waals surface area contributed by atoms with Gasteiger partial charge in [-0.05, 0) is 57.0 Å². The number of nitrogens with zero attached hydrogens (tertiary/aromatic N) is 1. The zero-order chi connectivity index (χ0) is 19.1. The molecule has 1 aromatic rings.